The lowest BCUT2D eigenvalue weighted by Crippen LogP contribution is -2.35. The van der Waals surface area contributed by atoms with Crippen LogP contribution >= 0.6 is 11.3 Å². The molecule has 2 aromatic heterocycles. The molecule has 246 valence electrons. The van der Waals surface area contributed by atoms with Crippen molar-refractivity contribution in [3.8, 4) is 34.3 Å². The van der Waals surface area contributed by atoms with Crippen LogP contribution in [0.15, 0.2) is 83.4 Å². The van der Waals surface area contributed by atoms with E-state index in [-0.39, 0.29) is 11.7 Å². The van der Waals surface area contributed by atoms with E-state index in [0.29, 0.717) is 33.2 Å². The van der Waals surface area contributed by atoms with Crippen molar-refractivity contribution >= 4 is 17.4 Å². The number of thiazole rings is 1. The van der Waals surface area contributed by atoms with E-state index in [9.17, 15) is 18.0 Å². The molecule has 2 amide bonds. The highest BCUT2D eigenvalue weighted by Crippen LogP contribution is 2.29. The molecule has 0 aliphatic rings. The van der Waals surface area contributed by atoms with Crippen molar-refractivity contribution in [3.63, 3.8) is 0 Å². The third-order valence-corrected chi connectivity index (χ3v) is 8.22. The van der Waals surface area contributed by atoms with Gasteiger partial charge >= 0.3 is 12.4 Å². The molecular weight excluding hydrogens is 636 g/mol. The molecule has 5 aromatic rings. The summed E-state index contributed by atoms with van der Waals surface area (Å²) in [5.74, 6) is 0.863. The van der Waals surface area contributed by atoms with Crippen LogP contribution in [-0.4, -0.2) is 44.9 Å². The smallest absolute Gasteiger partial charge is 0.497 e. The Hall–Kier alpha value is -4.98. The van der Waals surface area contributed by atoms with Gasteiger partial charge in [0.25, 0.3) is 0 Å². The van der Waals surface area contributed by atoms with E-state index >= 15 is 4.39 Å². The fourth-order valence-electron chi connectivity index (χ4n) is 4.91. The molecule has 14 heteroatoms. The lowest BCUT2D eigenvalue weighted by molar-refractivity contribution is -0.274. The third kappa shape index (κ3) is 7.88. The molecule has 2 heterocycles. The summed E-state index contributed by atoms with van der Waals surface area (Å²) in [6, 6.07) is 15.9. The number of carbonyl (C=O) groups is 1. The zero-order valence-electron chi connectivity index (χ0n) is 26.1. The van der Waals surface area contributed by atoms with Crippen LogP contribution in [0.1, 0.15) is 49.7 Å². The van der Waals surface area contributed by atoms with Crippen molar-refractivity contribution < 1.29 is 31.8 Å². The van der Waals surface area contributed by atoms with Gasteiger partial charge in [-0.3, -0.25) is 4.57 Å². The summed E-state index contributed by atoms with van der Waals surface area (Å²) in [7, 11) is 1.59. The van der Waals surface area contributed by atoms with Gasteiger partial charge in [0.15, 0.2) is 10.6 Å². The zero-order valence-corrected chi connectivity index (χ0v) is 26.9. The van der Waals surface area contributed by atoms with Crippen molar-refractivity contribution in [2.45, 2.75) is 52.2 Å². The molecule has 0 aliphatic heterocycles. The first-order valence-electron chi connectivity index (χ1n) is 14.6. The van der Waals surface area contributed by atoms with E-state index in [0.717, 1.165) is 16.9 Å². The highest BCUT2D eigenvalue weighted by Gasteiger charge is 2.31. The molecule has 0 saturated heterocycles. The number of rotatable bonds is 9. The molecule has 0 radical (unpaired) electrons. The SMILES string of the molecule is COc1ccc(C(C)C)c(-n2c(C)cs/c2=N\C(=O)NC(C)C(F)c2ccc(-c3ncn(-c4ccc(OC(F)(F)F)cc4)n3)cc2)c1. The monoisotopic (exact) mass is 668 g/mol. The molecule has 0 bridgehead atoms. The van der Waals surface area contributed by atoms with Crippen LogP contribution in [0.25, 0.3) is 22.8 Å². The van der Waals surface area contributed by atoms with Crippen LogP contribution in [0.2, 0.25) is 0 Å². The van der Waals surface area contributed by atoms with Gasteiger partial charge in [-0.15, -0.1) is 29.6 Å². The maximum absolute atomic E-state index is 15.5. The highest BCUT2D eigenvalue weighted by atomic mass is 32.1. The van der Waals surface area contributed by atoms with Crippen LogP contribution in [0.3, 0.4) is 0 Å². The minimum atomic E-state index is -4.78. The Labute approximate surface area is 272 Å². The maximum Gasteiger partial charge on any atom is 0.573 e. The Bertz CT molecular complexity index is 1910. The first kappa shape index (κ1) is 33.4. The fraction of sp³-hybridized carbons (Fsp3) is 0.273. The summed E-state index contributed by atoms with van der Waals surface area (Å²) in [6.07, 6.45) is -4.90. The summed E-state index contributed by atoms with van der Waals surface area (Å²) in [5, 5.41) is 8.92. The van der Waals surface area contributed by atoms with Gasteiger partial charge in [0.1, 0.15) is 24.0 Å². The number of nitrogens with one attached hydrogen (secondary N) is 1. The van der Waals surface area contributed by atoms with Crippen LogP contribution in [0.5, 0.6) is 11.5 Å². The average molecular weight is 669 g/mol. The molecule has 0 fully saturated rings. The average Bonchev–Trinajstić information content (AvgIpc) is 3.67. The molecule has 2 atom stereocenters. The zero-order chi connectivity index (χ0) is 33.9. The van der Waals surface area contributed by atoms with Gasteiger partial charge in [0, 0.05) is 22.7 Å². The lowest BCUT2D eigenvalue weighted by atomic mass is 10.0. The molecule has 1 N–H and O–H groups in total. The first-order chi connectivity index (χ1) is 22.3. The first-order valence-corrected chi connectivity index (χ1v) is 15.4. The van der Waals surface area contributed by atoms with Gasteiger partial charge in [-0.25, -0.2) is 18.9 Å². The third-order valence-electron chi connectivity index (χ3n) is 7.28. The number of alkyl halides is 4. The number of halogens is 4. The largest absolute Gasteiger partial charge is 0.573 e. The van der Waals surface area contributed by atoms with Crippen LogP contribution < -0.4 is 19.6 Å². The molecule has 5 rings (SSSR count). The Morgan fingerprint density at radius 1 is 1.00 bits per heavy atom. The minimum absolute atomic E-state index is 0.206. The molecule has 47 heavy (non-hydrogen) atoms. The Kier molecular flexibility index (Phi) is 9.80. The summed E-state index contributed by atoms with van der Waals surface area (Å²) < 4.78 is 65.4. The molecule has 0 aliphatic carbocycles. The normalized spacial score (nSPS) is 13.4. The number of ether oxygens (including phenoxy) is 2. The van der Waals surface area contributed by atoms with Gasteiger partial charge in [0.05, 0.1) is 24.5 Å². The number of urea groups is 1. The van der Waals surface area contributed by atoms with E-state index in [1.165, 1.54) is 46.6 Å². The summed E-state index contributed by atoms with van der Waals surface area (Å²) in [5.41, 5.74) is 4.21. The van der Waals surface area contributed by atoms with Gasteiger partial charge in [0.2, 0.25) is 0 Å². The number of hydrogen-bond acceptors (Lipinski definition) is 6. The molecular formula is C33H32F4N6O3S. The van der Waals surface area contributed by atoms with Crippen molar-refractivity contribution in [2.24, 2.45) is 4.99 Å². The Morgan fingerprint density at radius 2 is 1.68 bits per heavy atom. The summed E-state index contributed by atoms with van der Waals surface area (Å²) in [6.45, 7) is 7.65. The Balaban J connectivity index is 1.27. The number of methoxy groups -OCH3 is 1. The van der Waals surface area contributed by atoms with E-state index in [4.69, 9.17) is 4.74 Å². The number of nitrogens with zero attached hydrogens (tertiary/aromatic N) is 5. The second-order valence-electron chi connectivity index (χ2n) is 11.0. The predicted octanol–water partition coefficient (Wildman–Crippen LogP) is 7.84. The lowest BCUT2D eigenvalue weighted by Gasteiger charge is -2.18. The van der Waals surface area contributed by atoms with E-state index in [2.05, 4.69) is 39.0 Å². The standard InChI is InChI=1S/C33H32F4N6O3S/c1-19(2)27-15-14-26(45-5)16-28(27)43-20(3)17-47-32(43)40-31(44)39-21(4)29(34)22-6-8-23(9-7-22)30-38-18-42(41-30)24-10-12-25(13-11-24)46-33(35,36)37/h6-19,21,29H,1-5H3,(H,39,44)/b40-32-. The molecule has 0 saturated carbocycles. The van der Waals surface area contributed by atoms with E-state index in [1.54, 1.807) is 38.3 Å². The summed E-state index contributed by atoms with van der Waals surface area (Å²) in [4.78, 5) is 22.0. The van der Waals surface area contributed by atoms with Crippen molar-refractivity contribution in [1.29, 1.82) is 0 Å². The van der Waals surface area contributed by atoms with Crippen LogP contribution in [0, 0.1) is 6.92 Å². The number of aryl methyl sites for hydroxylation is 1. The van der Waals surface area contributed by atoms with Crippen LogP contribution in [0.4, 0.5) is 22.4 Å². The van der Waals surface area contributed by atoms with E-state index < -0.39 is 24.6 Å². The van der Waals surface area contributed by atoms with Crippen molar-refractivity contribution in [2.75, 3.05) is 7.11 Å². The fourth-order valence-corrected chi connectivity index (χ4v) is 5.77. The molecule has 9 nitrogen and oxygen atoms in total. The Morgan fingerprint density at radius 3 is 2.32 bits per heavy atom. The second-order valence-corrected chi connectivity index (χ2v) is 11.8. The van der Waals surface area contributed by atoms with Gasteiger partial charge in [-0.05, 0) is 61.2 Å². The topological polar surface area (TPSA) is 95.6 Å². The van der Waals surface area contributed by atoms with Gasteiger partial charge < -0.3 is 14.8 Å². The maximum atomic E-state index is 15.5. The summed E-state index contributed by atoms with van der Waals surface area (Å²) >= 11 is 1.31. The predicted molar refractivity (Wildman–Crippen MR) is 170 cm³/mol. The molecule has 0 spiro atoms. The quantitative estimate of drug-likeness (QED) is 0.162. The number of benzene rings is 3. The van der Waals surface area contributed by atoms with Crippen LogP contribution in [-0.2, 0) is 0 Å². The minimum Gasteiger partial charge on any atom is -0.497 e. The number of hydrogen-bond donors (Lipinski definition) is 1. The van der Waals surface area contributed by atoms with Gasteiger partial charge in [-0.2, -0.15) is 4.99 Å². The number of carbonyl (C=O) groups excluding carboxylic acids is 1. The van der Waals surface area contributed by atoms with Crippen molar-refractivity contribution in [3.05, 3.63) is 100 Å². The van der Waals surface area contributed by atoms with Gasteiger partial charge in [-0.1, -0.05) is 44.2 Å². The second kappa shape index (κ2) is 13.8. The molecule has 3 aromatic carbocycles. The number of amides is 2. The van der Waals surface area contributed by atoms with E-state index in [1.807, 2.05) is 35.1 Å². The molecule has 2 unspecified atom stereocenters. The number of aromatic nitrogens is 4. The highest BCUT2D eigenvalue weighted by molar-refractivity contribution is 7.07. The van der Waals surface area contributed by atoms with Crippen molar-refractivity contribution in [1.82, 2.24) is 24.6 Å².